The van der Waals surface area contributed by atoms with E-state index >= 15 is 0 Å². The van der Waals surface area contributed by atoms with Crippen LogP contribution < -0.4 is 14.8 Å². The average molecular weight is 434 g/mol. The lowest BCUT2D eigenvalue weighted by Gasteiger charge is -2.20. The zero-order valence-corrected chi connectivity index (χ0v) is 16.7. The molecule has 0 spiro atoms. The Morgan fingerprint density at radius 1 is 1.60 bits per heavy atom. The number of hydrogen-bond donors (Lipinski definition) is 3. The summed E-state index contributed by atoms with van der Waals surface area (Å²) in [5.41, 5.74) is -0.181. The molecule has 9 nitrogen and oxygen atoms in total. The number of carbonyl (C=O) groups excluding carboxylic acids is 1. The smallest absolute Gasteiger partial charge is 0.276 e. The molecule has 2 atom stereocenters. The van der Waals surface area contributed by atoms with E-state index in [-0.39, 0.29) is 40.6 Å². The number of aliphatic hydroxyl groups is 1. The first kappa shape index (κ1) is 21.5. The number of sulfonamides is 1. The minimum atomic E-state index is -4.08. The third-order valence-electron chi connectivity index (χ3n) is 4.54. The number of nitrogens with one attached hydrogen (secondary N) is 2. The summed E-state index contributed by atoms with van der Waals surface area (Å²) in [5, 5.41) is 21.6. The van der Waals surface area contributed by atoms with Gasteiger partial charge in [-0.05, 0) is 24.6 Å². The van der Waals surface area contributed by atoms with E-state index < -0.39 is 33.9 Å². The average Bonchev–Trinajstić information content (AvgIpc) is 2.97. The number of hydrogen-bond acceptors (Lipinski definition) is 6. The number of ether oxygens (including phenoxy) is 1. The van der Waals surface area contributed by atoms with Crippen LogP contribution in [-0.2, 0) is 17.1 Å². The molecule has 1 aliphatic heterocycles. The Bertz CT molecular complexity index is 1150. The van der Waals surface area contributed by atoms with Gasteiger partial charge in [-0.3, -0.25) is 4.79 Å². The first-order valence-electron chi connectivity index (χ1n) is 8.82. The fourth-order valence-corrected chi connectivity index (χ4v) is 4.49. The molecule has 0 aliphatic carbocycles. The molecule has 158 valence electrons. The van der Waals surface area contributed by atoms with E-state index in [0.29, 0.717) is 0 Å². The summed E-state index contributed by atoms with van der Waals surface area (Å²) >= 11 is 0. The maximum Gasteiger partial charge on any atom is 0.276 e. The van der Waals surface area contributed by atoms with Crippen LogP contribution in [0, 0.1) is 17.1 Å². The number of fused-ring (bicyclic) bond motifs is 1. The number of anilines is 1. The van der Waals surface area contributed by atoms with Crippen molar-refractivity contribution in [3.8, 4) is 11.8 Å². The highest BCUT2D eigenvalue weighted by atomic mass is 32.2. The van der Waals surface area contributed by atoms with E-state index in [9.17, 15) is 22.7 Å². The molecule has 1 aromatic carbocycles. The molecule has 0 saturated heterocycles. The van der Waals surface area contributed by atoms with Crippen LogP contribution in [0.15, 0.2) is 41.9 Å². The first-order chi connectivity index (χ1) is 14.2. The highest BCUT2D eigenvalue weighted by Gasteiger charge is 2.36. The maximum absolute atomic E-state index is 13.5. The molecule has 0 fully saturated rings. The number of benzene rings is 1. The zero-order valence-electron chi connectivity index (χ0n) is 15.9. The standard InChI is InChI=1S/C19H19FN4O5S/c1-3-4-15(25)14-10-29-18-16(30(27,28)23-14)9-24(2)17(18)19(26)22-12-5-6-13(20)11(7-12)8-21/h3,5-7,9,14-15,23,25H,1,4,10H2,2H3,(H,22,26)/t14-,15-/m0/s1. The molecular weight excluding hydrogens is 415 g/mol. The van der Waals surface area contributed by atoms with Crippen LogP contribution in [-0.4, -0.2) is 42.8 Å². The van der Waals surface area contributed by atoms with Crippen molar-refractivity contribution in [3.63, 3.8) is 0 Å². The Morgan fingerprint density at radius 2 is 2.33 bits per heavy atom. The predicted molar refractivity (Wildman–Crippen MR) is 105 cm³/mol. The molecule has 11 heteroatoms. The van der Waals surface area contributed by atoms with Gasteiger partial charge >= 0.3 is 0 Å². The van der Waals surface area contributed by atoms with Gasteiger partial charge in [0.2, 0.25) is 10.0 Å². The summed E-state index contributed by atoms with van der Waals surface area (Å²) in [5.74, 6) is -1.61. The fraction of sp³-hybridized carbons (Fsp3) is 0.263. The molecule has 1 aliphatic rings. The van der Waals surface area contributed by atoms with Crippen LogP contribution in [0.2, 0.25) is 0 Å². The van der Waals surface area contributed by atoms with Crippen molar-refractivity contribution in [1.29, 1.82) is 5.26 Å². The second kappa shape index (κ2) is 8.27. The highest BCUT2D eigenvalue weighted by Crippen LogP contribution is 2.33. The van der Waals surface area contributed by atoms with Crippen molar-refractivity contribution >= 4 is 21.6 Å². The van der Waals surface area contributed by atoms with Gasteiger partial charge in [0.15, 0.2) is 11.4 Å². The number of halogens is 1. The lowest BCUT2D eigenvalue weighted by Crippen LogP contribution is -2.45. The molecule has 2 heterocycles. The molecule has 1 aromatic heterocycles. The number of rotatable bonds is 5. The molecule has 3 rings (SSSR count). The first-order valence-corrected chi connectivity index (χ1v) is 10.3. The van der Waals surface area contributed by atoms with Crippen molar-refractivity contribution in [2.24, 2.45) is 7.05 Å². The summed E-state index contributed by atoms with van der Waals surface area (Å²) in [6, 6.07) is 4.22. The largest absolute Gasteiger partial charge is 0.488 e. The molecule has 2 aromatic rings. The predicted octanol–water partition coefficient (Wildman–Crippen LogP) is 1.26. The second-order valence-electron chi connectivity index (χ2n) is 6.67. The maximum atomic E-state index is 13.5. The Labute approximate surface area is 172 Å². The van der Waals surface area contributed by atoms with E-state index in [1.165, 1.54) is 30.0 Å². The number of aromatic nitrogens is 1. The van der Waals surface area contributed by atoms with Gasteiger partial charge in [-0.2, -0.15) is 5.26 Å². The van der Waals surface area contributed by atoms with Gasteiger partial charge in [0, 0.05) is 18.9 Å². The third kappa shape index (κ3) is 4.06. The van der Waals surface area contributed by atoms with Gasteiger partial charge in [-0.15, -0.1) is 6.58 Å². The van der Waals surface area contributed by atoms with Crippen molar-refractivity contribution in [2.75, 3.05) is 11.9 Å². The minimum Gasteiger partial charge on any atom is -0.488 e. The topological polar surface area (TPSA) is 133 Å². The quantitative estimate of drug-likeness (QED) is 0.607. The van der Waals surface area contributed by atoms with Gasteiger partial charge in [0.1, 0.15) is 23.4 Å². The summed E-state index contributed by atoms with van der Waals surface area (Å²) in [7, 11) is -2.61. The number of amides is 1. The molecule has 3 N–H and O–H groups in total. The molecule has 0 bridgehead atoms. The van der Waals surface area contributed by atoms with E-state index in [0.717, 1.165) is 12.1 Å². The normalized spacial score (nSPS) is 18.3. The highest BCUT2D eigenvalue weighted by molar-refractivity contribution is 7.89. The molecular formula is C19H19FN4O5S. The van der Waals surface area contributed by atoms with Gasteiger partial charge in [-0.25, -0.2) is 17.5 Å². The van der Waals surface area contributed by atoms with Crippen molar-refractivity contribution < 1.29 is 27.4 Å². The van der Waals surface area contributed by atoms with Gasteiger partial charge in [-0.1, -0.05) is 6.08 Å². The van der Waals surface area contributed by atoms with Crippen LogP contribution in [0.1, 0.15) is 22.5 Å². The van der Waals surface area contributed by atoms with E-state index in [1.807, 2.05) is 0 Å². The van der Waals surface area contributed by atoms with Gasteiger partial charge < -0.3 is 19.7 Å². The summed E-state index contributed by atoms with van der Waals surface area (Å²) < 4.78 is 48.2. The Balaban J connectivity index is 1.94. The number of carbonyl (C=O) groups is 1. The lowest BCUT2D eigenvalue weighted by molar-refractivity contribution is 0.0999. The minimum absolute atomic E-state index is 0.0860. The molecule has 1 amide bonds. The summed E-state index contributed by atoms with van der Waals surface area (Å²) in [6.45, 7) is 3.31. The second-order valence-corrected chi connectivity index (χ2v) is 8.36. The van der Waals surface area contributed by atoms with Crippen LogP contribution in [0.5, 0.6) is 5.75 Å². The van der Waals surface area contributed by atoms with Crippen LogP contribution >= 0.6 is 0 Å². The van der Waals surface area contributed by atoms with Gasteiger partial charge in [0.25, 0.3) is 5.91 Å². The number of nitriles is 1. The van der Waals surface area contributed by atoms with E-state index in [2.05, 4.69) is 16.6 Å². The molecule has 0 unspecified atom stereocenters. The van der Waals surface area contributed by atoms with Crippen LogP contribution in [0.25, 0.3) is 0 Å². The monoisotopic (exact) mass is 434 g/mol. The van der Waals surface area contributed by atoms with E-state index in [1.54, 1.807) is 6.07 Å². The number of aryl methyl sites for hydroxylation is 1. The number of aliphatic hydroxyl groups excluding tert-OH is 1. The number of nitrogens with zero attached hydrogens (tertiary/aromatic N) is 2. The Kier molecular flexibility index (Phi) is 5.93. The van der Waals surface area contributed by atoms with Crippen molar-refractivity contribution in [3.05, 3.63) is 54.1 Å². The molecule has 0 radical (unpaired) electrons. The Morgan fingerprint density at radius 3 is 3.00 bits per heavy atom. The molecule has 0 saturated carbocycles. The SMILES string of the molecule is C=CC[C@H](O)[C@@H]1COc2c(cn(C)c2C(=O)Nc2ccc(F)c(C#N)c2)S(=O)(=O)N1. The van der Waals surface area contributed by atoms with Crippen molar-refractivity contribution in [1.82, 2.24) is 9.29 Å². The summed E-state index contributed by atoms with van der Waals surface area (Å²) in [4.78, 5) is 12.6. The van der Waals surface area contributed by atoms with Gasteiger partial charge in [0.05, 0.1) is 17.7 Å². The lowest BCUT2D eigenvalue weighted by atomic mass is 10.1. The summed E-state index contributed by atoms with van der Waals surface area (Å²) in [6.07, 6.45) is 1.76. The van der Waals surface area contributed by atoms with Crippen LogP contribution in [0.4, 0.5) is 10.1 Å². The molecule has 30 heavy (non-hydrogen) atoms. The fourth-order valence-electron chi connectivity index (χ4n) is 3.04. The van der Waals surface area contributed by atoms with Crippen molar-refractivity contribution in [2.45, 2.75) is 23.5 Å². The van der Waals surface area contributed by atoms with E-state index in [4.69, 9.17) is 10.00 Å². The third-order valence-corrected chi connectivity index (χ3v) is 6.02. The zero-order chi connectivity index (χ0) is 22.1. The Hall–Kier alpha value is -3.20. The van der Waals surface area contributed by atoms with Crippen LogP contribution in [0.3, 0.4) is 0 Å².